The van der Waals surface area contributed by atoms with Gasteiger partial charge in [-0.3, -0.25) is 0 Å². The highest BCUT2D eigenvalue weighted by molar-refractivity contribution is 5.56. The minimum Gasteiger partial charge on any atom is -0.311 e. The molecule has 1 aromatic carbocycles. The summed E-state index contributed by atoms with van der Waals surface area (Å²) < 4.78 is 13.4. The average Bonchev–Trinajstić information content (AvgIpc) is 2.38. The van der Waals surface area contributed by atoms with E-state index >= 15 is 0 Å². The summed E-state index contributed by atoms with van der Waals surface area (Å²) >= 11 is 0. The van der Waals surface area contributed by atoms with E-state index in [4.69, 9.17) is 0 Å². The maximum Gasteiger partial charge on any atom is 0.159 e. The summed E-state index contributed by atoms with van der Waals surface area (Å²) in [5.41, 5.74) is 2.50. The molecule has 4 heteroatoms. The maximum absolute atomic E-state index is 13.4. The van der Waals surface area contributed by atoms with Crippen LogP contribution in [0.3, 0.4) is 0 Å². The minimum atomic E-state index is -0.256. The molecule has 0 radical (unpaired) electrons. The quantitative estimate of drug-likeness (QED) is 0.838. The molecule has 0 amide bonds. The zero-order chi connectivity index (χ0) is 13.7. The van der Waals surface area contributed by atoms with Gasteiger partial charge in [-0.15, -0.1) is 0 Å². The fourth-order valence-corrected chi connectivity index (χ4v) is 1.89. The van der Waals surface area contributed by atoms with Crippen LogP contribution in [0.2, 0.25) is 0 Å². The molecular weight excluding hydrogens is 241 g/mol. The molecule has 1 aromatic heterocycles. The predicted molar refractivity (Wildman–Crippen MR) is 74.2 cm³/mol. The Labute approximate surface area is 112 Å². The van der Waals surface area contributed by atoms with Gasteiger partial charge in [0, 0.05) is 18.3 Å². The fourth-order valence-electron chi connectivity index (χ4n) is 1.89. The summed E-state index contributed by atoms with van der Waals surface area (Å²) in [5, 5.41) is 3.29. The van der Waals surface area contributed by atoms with E-state index < -0.39 is 0 Å². The number of hydrogen-bond acceptors (Lipinski definition) is 3. The lowest BCUT2D eigenvalue weighted by atomic mass is 10.1. The van der Waals surface area contributed by atoms with Crippen molar-refractivity contribution in [2.24, 2.45) is 0 Å². The van der Waals surface area contributed by atoms with Gasteiger partial charge in [-0.25, -0.2) is 14.4 Å². The van der Waals surface area contributed by atoms with Crippen molar-refractivity contribution in [3.8, 4) is 11.4 Å². The summed E-state index contributed by atoms with van der Waals surface area (Å²) in [5.74, 6) is 0.312. The van der Waals surface area contributed by atoms with Crippen molar-refractivity contribution in [3.63, 3.8) is 0 Å². The Morgan fingerprint density at radius 2 is 2.11 bits per heavy atom. The molecule has 1 heterocycles. The van der Waals surface area contributed by atoms with Crippen LogP contribution >= 0.6 is 0 Å². The van der Waals surface area contributed by atoms with E-state index in [9.17, 15) is 4.39 Å². The topological polar surface area (TPSA) is 37.8 Å². The maximum atomic E-state index is 13.4. The summed E-state index contributed by atoms with van der Waals surface area (Å²) in [6.07, 6.45) is 2.80. The minimum absolute atomic E-state index is 0.256. The molecule has 0 spiro atoms. The Hall–Kier alpha value is -1.81. The van der Waals surface area contributed by atoms with Crippen molar-refractivity contribution in [2.45, 2.75) is 26.8 Å². The summed E-state index contributed by atoms with van der Waals surface area (Å²) in [7, 11) is 0. The summed E-state index contributed by atoms with van der Waals surface area (Å²) in [6, 6.07) is 6.72. The highest BCUT2D eigenvalue weighted by atomic mass is 19.1. The number of halogens is 1. The molecule has 0 saturated carbocycles. The van der Waals surface area contributed by atoms with Crippen LogP contribution in [0.15, 0.2) is 30.5 Å². The van der Waals surface area contributed by atoms with E-state index in [0.29, 0.717) is 12.4 Å². The first-order valence-corrected chi connectivity index (χ1v) is 6.49. The van der Waals surface area contributed by atoms with E-state index in [1.807, 2.05) is 19.1 Å². The van der Waals surface area contributed by atoms with Gasteiger partial charge in [0.05, 0.1) is 5.69 Å². The van der Waals surface area contributed by atoms with Gasteiger partial charge in [0.15, 0.2) is 5.82 Å². The molecular formula is C15H18FN3. The zero-order valence-corrected chi connectivity index (χ0v) is 11.3. The van der Waals surface area contributed by atoms with E-state index in [-0.39, 0.29) is 5.82 Å². The first kappa shape index (κ1) is 13.6. The normalized spacial score (nSPS) is 10.7. The third-order valence-corrected chi connectivity index (χ3v) is 2.75. The highest BCUT2D eigenvalue weighted by Crippen LogP contribution is 2.18. The molecule has 0 aliphatic rings. The number of rotatable bonds is 5. The van der Waals surface area contributed by atoms with Gasteiger partial charge >= 0.3 is 0 Å². The van der Waals surface area contributed by atoms with Gasteiger partial charge in [-0.1, -0.05) is 6.92 Å². The van der Waals surface area contributed by atoms with E-state index in [1.54, 1.807) is 6.20 Å². The number of nitrogens with one attached hydrogen (secondary N) is 1. The SMILES string of the molecule is CCCNCc1ccnc(-c2cc(C)cc(F)c2)n1. The molecule has 100 valence electrons. The van der Waals surface area contributed by atoms with Crippen molar-refractivity contribution < 1.29 is 4.39 Å². The Bertz CT molecular complexity index is 535. The van der Waals surface area contributed by atoms with Crippen LogP contribution < -0.4 is 5.32 Å². The van der Waals surface area contributed by atoms with Crippen LogP contribution in [0.25, 0.3) is 11.4 Å². The van der Waals surface area contributed by atoms with E-state index in [2.05, 4.69) is 22.2 Å². The van der Waals surface area contributed by atoms with Crippen molar-refractivity contribution in [1.29, 1.82) is 0 Å². The second-order valence-corrected chi connectivity index (χ2v) is 4.57. The molecule has 3 nitrogen and oxygen atoms in total. The molecule has 0 unspecified atom stereocenters. The average molecular weight is 259 g/mol. The number of aryl methyl sites for hydroxylation is 1. The molecule has 2 rings (SSSR count). The van der Waals surface area contributed by atoms with Crippen LogP contribution in [0.1, 0.15) is 24.6 Å². The van der Waals surface area contributed by atoms with Crippen LogP contribution in [0, 0.1) is 12.7 Å². The number of nitrogens with zero attached hydrogens (tertiary/aromatic N) is 2. The second-order valence-electron chi connectivity index (χ2n) is 4.57. The van der Waals surface area contributed by atoms with Crippen molar-refractivity contribution in [2.75, 3.05) is 6.54 Å². The van der Waals surface area contributed by atoms with Gasteiger partial charge in [-0.05, 0) is 49.7 Å². The third kappa shape index (κ3) is 3.83. The predicted octanol–water partition coefficient (Wildman–Crippen LogP) is 3.09. The molecule has 0 fully saturated rings. The van der Waals surface area contributed by atoms with E-state index in [0.717, 1.165) is 29.8 Å². The van der Waals surface area contributed by atoms with Gasteiger partial charge in [-0.2, -0.15) is 0 Å². The largest absolute Gasteiger partial charge is 0.311 e. The summed E-state index contributed by atoms with van der Waals surface area (Å²) in [4.78, 5) is 8.67. The van der Waals surface area contributed by atoms with Crippen LogP contribution in [-0.2, 0) is 6.54 Å². The third-order valence-electron chi connectivity index (χ3n) is 2.75. The molecule has 2 aromatic rings. The smallest absolute Gasteiger partial charge is 0.159 e. The monoisotopic (exact) mass is 259 g/mol. The Morgan fingerprint density at radius 3 is 2.84 bits per heavy atom. The molecule has 1 N–H and O–H groups in total. The Kier molecular flexibility index (Phi) is 4.58. The highest BCUT2D eigenvalue weighted by Gasteiger charge is 2.05. The van der Waals surface area contributed by atoms with Gasteiger partial charge < -0.3 is 5.32 Å². The first-order valence-electron chi connectivity index (χ1n) is 6.49. The molecule has 0 saturated heterocycles. The van der Waals surface area contributed by atoms with Gasteiger partial charge in [0.2, 0.25) is 0 Å². The van der Waals surface area contributed by atoms with Crippen molar-refractivity contribution in [3.05, 3.63) is 47.5 Å². The molecule has 0 atom stereocenters. The molecule has 19 heavy (non-hydrogen) atoms. The number of hydrogen-bond donors (Lipinski definition) is 1. The van der Waals surface area contributed by atoms with Crippen LogP contribution in [0.5, 0.6) is 0 Å². The standard InChI is InChI=1S/C15H18FN3/c1-3-5-17-10-14-4-6-18-15(19-14)12-7-11(2)8-13(16)9-12/h4,6-9,17H,3,5,10H2,1-2H3. The number of benzene rings is 1. The molecule has 0 aliphatic heterocycles. The second kappa shape index (κ2) is 6.38. The lowest BCUT2D eigenvalue weighted by molar-refractivity contribution is 0.627. The van der Waals surface area contributed by atoms with Gasteiger partial charge in [0.25, 0.3) is 0 Å². The number of aromatic nitrogens is 2. The van der Waals surface area contributed by atoms with Crippen LogP contribution in [-0.4, -0.2) is 16.5 Å². The van der Waals surface area contributed by atoms with Crippen molar-refractivity contribution >= 4 is 0 Å². The molecule has 0 bridgehead atoms. The fraction of sp³-hybridized carbons (Fsp3) is 0.333. The van der Waals surface area contributed by atoms with E-state index in [1.165, 1.54) is 12.1 Å². The summed E-state index contributed by atoms with van der Waals surface area (Å²) in [6.45, 7) is 5.64. The Morgan fingerprint density at radius 1 is 1.26 bits per heavy atom. The molecule has 0 aliphatic carbocycles. The van der Waals surface area contributed by atoms with Gasteiger partial charge in [0.1, 0.15) is 5.82 Å². The Balaban J connectivity index is 2.22. The zero-order valence-electron chi connectivity index (χ0n) is 11.3. The lowest BCUT2D eigenvalue weighted by Gasteiger charge is -2.06. The lowest BCUT2D eigenvalue weighted by Crippen LogP contribution is -2.15. The first-order chi connectivity index (χ1) is 9.19. The van der Waals surface area contributed by atoms with Crippen molar-refractivity contribution in [1.82, 2.24) is 15.3 Å². The van der Waals surface area contributed by atoms with Crippen LogP contribution in [0.4, 0.5) is 4.39 Å².